The van der Waals surface area contributed by atoms with Crippen LogP contribution in [0.15, 0.2) is 12.2 Å². The number of carbonyl (C=O) groups excluding carboxylic acids is 1. The average molecular weight is 551 g/mol. The zero-order valence-corrected chi connectivity index (χ0v) is 27.5. The molecule has 1 saturated heterocycles. The zero-order valence-electron chi connectivity index (χ0n) is 27.5. The molecule has 0 spiro atoms. The van der Waals surface area contributed by atoms with Crippen LogP contribution in [0.2, 0.25) is 0 Å². The molecule has 0 aliphatic carbocycles. The monoisotopic (exact) mass is 550 g/mol. The number of hydrogen-bond acceptors (Lipinski definition) is 5. The molecule has 2 aliphatic rings. The van der Waals surface area contributed by atoms with Crippen LogP contribution in [-0.4, -0.2) is 43.8 Å². The van der Waals surface area contributed by atoms with Gasteiger partial charge in [0.25, 0.3) is 0 Å². The van der Waals surface area contributed by atoms with Crippen LogP contribution in [0.25, 0.3) is 0 Å². The maximum Gasteiger partial charge on any atom is 0.312 e. The summed E-state index contributed by atoms with van der Waals surface area (Å²) >= 11 is 0. The van der Waals surface area contributed by atoms with E-state index < -0.39 is 17.8 Å². The van der Waals surface area contributed by atoms with E-state index in [0.717, 1.165) is 25.7 Å². The Morgan fingerprint density at radius 1 is 0.897 bits per heavy atom. The average Bonchev–Trinajstić information content (AvgIpc) is 3.41. The van der Waals surface area contributed by atoms with Crippen molar-refractivity contribution in [3.63, 3.8) is 0 Å². The molecular formula is C34H62O5. The van der Waals surface area contributed by atoms with Crippen LogP contribution in [-0.2, 0) is 23.7 Å². The van der Waals surface area contributed by atoms with E-state index in [1.165, 1.54) is 0 Å². The quantitative estimate of drug-likeness (QED) is 0.103. The number of carbonyl (C=O) groups is 1. The summed E-state index contributed by atoms with van der Waals surface area (Å²) in [5.74, 6) is 1.53. The lowest BCUT2D eigenvalue weighted by atomic mass is 9.68. The van der Waals surface area contributed by atoms with E-state index in [1.54, 1.807) is 0 Å². The highest BCUT2D eigenvalue weighted by Gasteiger charge is 2.60. The minimum absolute atomic E-state index is 0.0723. The molecule has 0 saturated carbocycles. The van der Waals surface area contributed by atoms with Crippen molar-refractivity contribution in [2.24, 2.45) is 46.3 Å². The van der Waals surface area contributed by atoms with Crippen LogP contribution in [0, 0.1) is 46.3 Å². The second-order valence-electron chi connectivity index (χ2n) is 14.9. The van der Waals surface area contributed by atoms with E-state index in [2.05, 4.69) is 89.2 Å². The van der Waals surface area contributed by atoms with Crippen molar-refractivity contribution in [2.75, 3.05) is 19.8 Å². The Balaban J connectivity index is 2.23. The van der Waals surface area contributed by atoms with Crippen molar-refractivity contribution < 1.29 is 23.7 Å². The summed E-state index contributed by atoms with van der Waals surface area (Å²) < 4.78 is 25.8. The Morgan fingerprint density at radius 3 is 1.85 bits per heavy atom. The lowest BCUT2D eigenvalue weighted by molar-refractivity contribution is -0.246. The van der Waals surface area contributed by atoms with Crippen LogP contribution < -0.4 is 0 Å². The van der Waals surface area contributed by atoms with Gasteiger partial charge < -0.3 is 18.9 Å². The third-order valence-corrected chi connectivity index (χ3v) is 9.46. The highest BCUT2D eigenvalue weighted by Crippen LogP contribution is 2.48. The first-order valence-electron chi connectivity index (χ1n) is 15.9. The second kappa shape index (κ2) is 14.3. The Bertz CT molecular complexity index is 759. The zero-order chi connectivity index (χ0) is 29.6. The summed E-state index contributed by atoms with van der Waals surface area (Å²) in [6.07, 6.45) is 8.10. The van der Waals surface area contributed by atoms with Gasteiger partial charge in [0.1, 0.15) is 0 Å². The molecule has 2 rings (SSSR count). The van der Waals surface area contributed by atoms with Gasteiger partial charge in [0.15, 0.2) is 11.9 Å². The molecule has 2 bridgehead atoms. The first-order chi connectivity index (χ1) is 18.1. The molecule has 6 unspecified atom stereocenters. The van der Waals surface area contributed by atoms with Crippen LogP contribution in [0.4, 0.5) is 0 Å². The molecule has 6 atom stereocenters. The minimum atomic E-state index is -0.936. The molecule has 0 amide bonds. The van der Waals surface area contributed by atoms with Crippen molar-refractivity contribution in [1.82, 2.24) is 0 Å². The summed E-state index contributed by atoms with van der Waals surface area (Å²) in [5.41, 5.74) is -0.646. The molecule has 0 radical (unpaired) electrons. The molecule has 5 heteroatoms. The molecule has 2 aliphatic heterocycles. The molecule has 5 nitrogen and oxygen atoms in total. The van der Waals surface area contributed by atoms with Gasteiger partial charge in [0, 0.05) is 0 Å². The van der Waals surface area contributed by atoms with Crippen LogP contribution in [0.3, 0.4) is 0 Å². The highest BCUT2D eigenvalue weighted by molar-refractivity contribution is 5.76. The Morgan fingerprint density at radius 2 is 1.44 bits per heavy atom. The lowest BCUT2D eigenvalue weighted by Gasteiger charge is -2.40. The number of rotatable bonds is 17. The van der Waals surface area contributed by atoms with Crippen LogP contribution in [0.5, 0.6) is 0 Å². The van der Waals surface area contributed by atoms with Gasteiger partial charge in [-0.15, -0.1) is 0 Å². The molecule has 0 aromatic carbocycles. The van der Waals surface area contributed by atoms with Crippen molar-refractivity contribution in [2.45, 2.75) is 133 Å². The summed E-state index contributed by atoms with van der Waals surface area (Å²) in [4.78, 5) is 13.7. The Kier molecular flexibility index (Phi) is 12.6. The smallest absolute Gasteiger partial charge is 0.312 e. The maximum atomic E-state index is 13.7. The van der Waals surface area contributed by atoms with Gasteiger partial charge in [-0.3, -0.25) is 4.79 Å². The molecule has 0 N–H and O–H groups in total. The van der Waals surface area contributed by atoms with E-state index in [1.807, 2.05) is 6.08 Å². The van der Waals surface area contributed by atoms with Crippen LogP contribution >= 0.6 is 0 Å². The van der Waals surface area contributed by atoms with Crippen molar-refractivity contribution >= 4 is 5.97 Å². The molecule has 1 fully saturated rings. The van der Waals surface area contributed by atoms with Crippen LogP contribution in [0.1, 0.15) is 115 Å². The topological polar surface area (TPSA) is 54.0 Å². The largest absolute Gasteiger partial charge is 0.465 e. The summed E-state index contributed by atoms with van der Waals surface area (Å²) in [5, 5.41) is 0. The van der Waals surface area contributed by atoms with Gasteiger partial charge in [-0.25, -0.2) is 0 Å². The van der Waals surface area contributed by atoms with E-state index in [-0.39, 0.29) is 22.9 Å². The predicted octanol–water partition coefficient (Wildman–Crippen LogP) is 8.46. The summed E-state index contributed by atoms with van der Waals surface area (Å²) in [7, 11) is 0. The second-order valence-corrected chi connectivity index (χ2v) is 14.9. The van der Waals surface area contributed by atoms with Gasteiger partial charge in [-0.2, -0.15) is 0 Å². The number of hydrogen-bond donors (Lipinski definition) is 0. The van der Waals surface area contributed by atoms with E-state index in [0.29, 0.717) is 55.8 Å². The molecular weight excluding hydrogens is 488 g/mol. The molecule has 0 aromatic heterocycles. The van der Waals surface area contributed by atoms with Crippen molar-refractivity contribution in [3.8, 4) is 0 Å². The predicted molar refractivity (Wildman–Crippen MR) is 160 cm³/mol. The highest BCUT2D eigenvalue weighted by atomic mass is 16.7. The maximum absolute atomic E-state index is 13.7. The fourth-order valence-electron chi connectivity index (χ4n) is 6.90. The summed E-state index contributed by atoms with van der Waals surface area (Å²) in [6.45, 7) is 28.6. The fraction of sp³-hybridized carbons (Fsp3) is 0.912. The van der Waals surface area contributed by atoms with Crippen molar-refractivity contribution in [1.29, 1.82) is 0 Å². The number of fused-ring (bicyclic) bond motifs is 2. The fourth-order valence-corrected chi connectivity index (χ4v) is 6.90. The van der Waals surface area contributed by atoms with Gasteiger partial charge in [-0.05, 0) is 65.8 Å². The first kappa shape index (κ1) is 34.3. The normalized spacial score (nSPS) is 26.3. The minimum Gasteiger partial charge on any atom is -0.465 e. The third-order valence-electron chi connectivity index (χ3n) is 9.46. The standard InChI is InChI=1S/C34H62O5/c1-13-25(23(4)5)19-37-31(38-20-26(14-2)24(6)7)34-17-16-28(39-34)18-29(34)30(35)36-21-27(15-3)33(11,12)22-32(8,9)10/h16-17,23-29,31H,13-15,18-22H2,1-12H3. The van der Waals surface area contributed by atoms with Gasteiger partial charge in [0.05, 0.1) is 31.8 Å². The number of ether oxygens (including phenoxy) is 4. The van der Waals surface area contributed by atoms with E-state index >= 15 is 0 Å². The first-order valence-corrected chi connectivity index (χ1v) is 15.9. The van der Waals surface area contributed by atoms with Gasteiger partial charge in [0.2, 0.25) is 0 Å². The SMILES string of the molecule is CCC(COC(OCC(CC)C(C)C)C12C=CC(CC1C(=O)OCC(CC)C(C)(C)CC(C)(C)C)O2)C(C)C. The number of esters is 1. The van der Waals surface area contributed by atoms with Crippen molar-refractivity contribution in [3.05, 3.63) is 12.2 Å². The Hall–Kier alpha value is -0.910. The van der Waals surface area contributed by atoms with E-state index in [9.17, 15) is 4.79 Å². The molecule has 39 heavy (non-hydrogen) atoms. The van der Waals surface area contributed by atoms with Gasteiger partial charge in [-0.1, -0.05) is 102 Å². The lowest BCUT2D eigenvalue weighted by Crippen LogP contribution is -2.52. The van der Waals surface area contributed by atoms with E-state index in [4.69, 9.17) is 18.9 Å². The molecule has 2 heterocycles. The molecule has 0 aromatic rings. The molecule has 228 valence electrons. The Labute approximate surface area is 241 Å². The van der Waals surface area contributed by atoms with Gasteiger partial charge >= 0.3 is 5.97 Å². The third kappa shape index (κ3) is 9.04. The summed E-state index contributed by atoms with van der Waals surface area (Å²) in [6, 6.07) is 0.